The van der Waals surface area contributed by atoms with E-state index in [9.17, 15) is 22.4 Å². The van der Waals surface area contributed by atoms with Crippen LogP contribution in [0.25, 0.3) is 16.6 Å². The Morgan fingerprint density at radius 1 is 1.07 bits per heavy atom. The summed E-state index contributed by atoms with van der Waals surface area (Å²) in [5, 5.41) is 0.196. The zero-order valence-corrected chi connectivity index (χ0v) is 16.4. The molecule has 2 aromatic carbocycles. The summed E-state index contributed by atoms with van der Waals surface area (Å²) >= 11 is 0. The minimum Gasteiger partial charge on any atom is -0.337 e. The third kappa shape index (κ3) is 3.65. The van der Waals surface area contributed by atoms with Crippen molar-refractivity contribution in [2.45, 2.75) is 19.1 Å². The summed E-state index contributed by atoms with van der Waals surface area (Å²) in [6, 6.07) is 8.09. The number of rotatable bonds is 2. The standard InChI is InChI=1S/C21H20F4N4O/c1-13-12-27(2)9-10-28(13)20-26-18-11-15(22)5-8-17(18)19(30)29(20)16-6-3-14(4-7-16)21(23,24)25/h3-8,11,13H,9-10,12H2,1-2H3/t13-/m1/s1. The van der Waals surface area contributed by atoms with Crippen molar-refractivity contribution in [3.05, 3.63) is 64.2 Å². The number of hydrogen-bond donors (Lipinski definition) is 0. The predicted octanol–water partition coefficient (Wildman–Crippen LogP) is 3.68. The molecular formula is C21H20F4N4O. The first-order chi connectivity index (χ1) is 14.1. The molecule has 9 heteroatoms. The van der Waals surface area contributed by atoms with E-state index in [0.29, 0.717) is 12.5 Å². The molecule has 30 heavy (non-hydrogen) atoms. The molecule has 0 spiro atoms. The van der Waals surface area contributed by atoms with E-state index in [-0.39, 0.29) is 22.6 Å². The average Bonchev–Trinajstić information content (AvgIpc) is 2.67. The molecule has 0 bridgehead atoms. The van der Waals surface area contributed by atoms with Crippen LogP contribution in [0.4, 0.5) is 23.5 Å². The van der Waals surface area contributed by atoms with Gasteiger partial charge in [0.25, 0.3) is 5.56 Å². The van der Waals surface area contributed by atoms with Crippen LogP contribution in [-0.4, -0.2) is 47.2 Å². The van der Waals surface area contributed by atoms with Gasteiger partial charge in [-0.2, -0.15) is 13.2 Å². The SMILES string of the molecule is C[C@@H]1CN(C)CCN1c1nc2cc(F)ccc2c(=O)n1-c1ccc(C(F)(F)F)cc1. The summed E-state index contributed by atoms with van der Waals surface area (Å²) in [4.78, 5) is 21.9. The first kappa shape index (κ1) is 20.3. The number of likely N-dealkylation sites (N-methyl/N-ethyl adjacent to an activating group) is 1. The van der Waals surface area contributed by atoms with E-state index in [0.717, 1.165) is 25.2 Å². The molecule has 0 radical (unpaired) electrons. The van der Waals surface area contributed by atoms with Crippen molar-refractivity contribution in [3.8, 4) is 5.69 Å². The Morgan fingerprint density at radius 3 is 2.40 bits per heavy atom. The number of aromatic nitrogens is 2. The number of anilines is 1. The van der Waals surface area contributed by atoms with Crippen molar-refractivity contribution < 1.29 is 17.6 Å². The van der Waals surface area contributed by atoms with E-state index in [4.69, 9.17) is 0 Å². The number of piperazine rings is 1. The molecule has 3 aromatic rings. The van der Waals surface area contributed by atoms with Crippen LogP contribution >= 0.6 is 0 Å². The fourth-order valence-corrected chi connectivity index (χ4v) is 3.81. The average molecular weight is 420 g/mol. The van der Waals surface area contributed by atoms with Crippen molar-refractivity contribution >= 4 is 16.9 Å². The molecule has 0 N–H and O–H groups in total. The maximum absolute atomic E-state index is 13.8. The minimum absolute atomic E-state index is 0.00218. The maximum Gasteiger partial charge on any atom is 0.416 e. The molecule has 0 aliphatic carbocycles. The second kappa shape index (κ2) is 7.39. The summed E-state index contributed by atoms with van der Waals surface area (Å²) in [6.07, 6.45) is -4.47. The molecule has 0 unspecified atom stereocenters. The number of halogens is 4. The molecule has 2 heterocycles. The highest BCUT2D eigenvalue weighted by Crippen LogP contribution is 2.30. The molecule has 1 atom stereocenters. The lowest BCUT2D eigenvalue weighted by atomic mass is 10.1. The largest absolute Gasteiger partial charge is 0.416 e. The molecule has 0 amide bonds. The van der Waals surface area contributed by atoms with Crippen molar-refractivity contribution in [2.24, 2.45) is 0 Å². The van der Waals surface area contributed by atoms with Gasteiger partial charge >= 0.3 is 6.18 Å². The Labute approximate surface area is 170 Å². The number of fused-ring (bicyclic) bond motifs is 1. The van der Waals surface area contributed by atoms with Crippen molar-refractivity contribution in [3.63, 3.8) is 0 Å². The minimum atomic E-state index is -4.47. The fourth-order valence-electron chi connectivity index (χ4n) is 3.81. The lowest BCUT2D eigenvalue weighted by Gasteiger charge is -2.39. The lowest BCUT2D eigenvalue weighted by Crippen LogP contribution is -2.52. The van der Waals surface area contributed by atoms with E-state index in [1.165, 1.54) is 34.9 Å². The van der Waals surface area contributed by atoms with E-state index < -0.39 is 23.1 Å². The zero-order valence-electron chi connectivity index (χ0n) is 16.4. The van der Waals surface area contributed by atoms with Crippen LogP contribution in [0.1, 0.15) is 12.5 Å². The molecule has 1 saturated heterocycles. The number of hydrogen-bond acceptors (Lipinski definition) is 4. The Balaban J connectivity index is 1.94. The fraction of sp³-hybridized carbons (Fsp3) is 0.333. The highest BCUT2D eigenvalue weighted by Gasteiger charge is 2.31. The summed E-state index contributed by atoms with van der Waals surface area (Å²) in [5.74, 6) is -0.225. The Bertz CT molecular complexity index is 1140. The van der Waals surface area contributed by atoms with Gasteiger partial charge < -0.3 is 9.80 Å². The van der Waals surface area contributed by atoms with Gasteiger partial charge in [0.15, 0.2) is 0 Å². The monoisotopic (exact) mass is 420 g/mol. The third-order valence-corrected chi connectivity index (χ3v) is 5.35. The van der Waals surface area contributed by atoms with E-state index in [1.54, 1.807) is 0 Å². The van der Waals surface area contributed by atoms with Crippen LogP contribution in [0.15, 0.2) is 47.3 Å². The zero-order chi connectivity index (χ0) is 21.6. The molecule has 158 valence electrons. The molecule has 1 aliphatic rings. The molecule has 1 aromatic heterocycles. The van der Waals surface area contributed by atoms with Crippen LogP contribution in [0, 0.1) is 5.82 Å². The number of benzene rings is 2. The molecule has 0 saturated carbocycles. The first-order valence-corrected chi connectivity index (χ1v) is 9.50. The summed E-state index contributed by atoms with van der Waals surface area (Å²) < 4.78 is 54.0. The lowest BCUT2D eigenvalue weighted by molar-refractivity contribution is -0.137. The first-order valence-electron chi connectivity index (χ1n) is 9.50. The molecule has 5 nitrogen and oxygen atoms in total. The van der Waals surface area contributed by atoms with Crippen molar-refractivity contribution in [1.29, 1.82) is 0 Å². The van der Waals surface area contributed by atoms with Gasteiger partial charge in [0, 0.05) is 31.7 Å². The second-order valence-corrected chi connectivity index (χ2v) is 7.56. The molecule has 1 aliphatic heterocycles. The van der Waals surface area contributed by atoms with Gasteiger partial charge in [0.1, 0.15) is 5.82 Å². The topological polar surface area (TPSA) is 41.4 Å². The van der Waals surface area contributed by atoms with Crippen molar-refractivity contribution in [1.82, 2.24) is 14.5 Å². The third-order valence-electron chi connectivity index (χ3n) is 5.35. The smallest absolute Gasteiger partial charge is 0.337 e. The van der Waals surface area contributed by atoms with Crippen LogP contribution in [-0.2, 0) is 6.18 Å². The van der Waals surface area contributed by atoms with E-state index in [2.05, 4.69) is 9.88 Å². The highest BCUT2D eigenvalue weighted by molar-refractivity contribution is 5.79. The predicted molar refractivity (Wildman–Crippen MR) is 107 cm³/mol. The molecule has 1 fully saturated rings. The van der Waals surface area contributed by atoms with Crippen LogP contribution in [0.2, 0.25) is 0 Å². The van der Waals surface area contributed by atoms with Crippen LogP contribution in [0.3, 0.4) is 0 Å². The van der Waals surface area contributed by atoms with Gasteiger partial charge in [0.2, 0.25) is 5.95 Å². The van der Waals surface area contributed by atoms with Gasteiger partial charge in [-0.25, -0.2) is 13.9 Å². The van der Waals surface area contributed by atoms with E-state index >= 15 is 0 Å². The van der Waals surface area contributed by atoms with Crippen molar-refractivity contribution in [2.75, 3.05) is 31.6 Å². The quantitative estimate of drug-likeness (QED) is 0.593. The Morgan fingerprint density at radius 2 is 1.77 bits per heavy atom. The Kier molecular flexibility index (Phi) is 5.01. The molecule has 4 rings (SSSR count). The molecular weight excluding hydrogens is 400 g/mol. The maximum atomic E-state index is 13.8. The van der Waals surface area contributed by atoms with Gasteiger partial charge in [-0.05, 0) is 50.4 Å². The highest BCUT2D eigenvalue weighted by atomic mass is 19.4. The summed E-state index contributed by atoms with van der Waals surface area (Å²) in [6.45, 7) is 4.01. The van der Waals surface area contributed by atoms with Gasteiger partial charge in [0.05, 0.1) is 22.2 Å². The summed E-state index contributed by atoms with van der Waals surface area (Å²) in [7, 11) is 1.99. The number of nitrogens with zero attached hydrogens (tertiary/aromatic N) is 4. The van der Waals surface area contributed by atoms with Crippen LogP contribution < -0.4 is 10.5 Å². The normalized spacial score (nSPS) is 18.2. The van der Waals surface area contributed by atoms with Gasteiger partial charge in [-0.15, -0.1) is 0 Å². The van der Waals surface area contributed by atoms with Gasteiger partial charge in [-0.1, -0.05) is 0 Å². The summed E-state index contributed by atoms with van der Waals surface area (Å²) in [5.41, 5.74) is -0.775. The Hall–Kier alpha value is -2.94. The number of alkyl halides is 3. The van der Waals surface area contributed by atoms with Gasteiger partial charge in [-0.3, -0.25) is 4.79 Å². The van der Waals surface area contributed by atoms with Crippen LogP contribution in [0.5, 0.6) is 0 Å². The second-order valence-electron chi connectivity index (χ2n) is 7.56. The van der Waals surface area contributed by atoms with E-state index in [1.807, 2.05) is 18.9 Å².